The van der Waals surface area contributed by atoms with Crippen LogP contribution in [0.5, 0.6) is 0 Å². The lowest BCUT2D eigenvalue weighted by Gasteiger charge is -2.25. The molecule has 1 aliphatic rings. The lowest BCUT2D eigenvalue weighted by Crippen LogP contribution is -2.29. The van der Waals surface area contributed by atoms with Gasteiger partial charge in [-0.15, -0.1) is 0 Å². The fourth-order valence-corrected chi connectivity index (χ4v) is 3.29. The summed E-state index contributed by atoms with van der Waals surface area (Å²) < 4.78 is 1.95. The van der Waals surface area contributed by atoms with E-state index >= 15 is 0 Å². The molecule has 21 heavy (non-hydrogen) atoms. The van der Waals surface area contributed by atoms with Gasteiger partial charge in [0.15, 0.2) is 0 Å². The van der Waals surface area contributed by atoms with Crippen LogP contribution in [0.1, 0.15) is 41.8 Å². The molecule has 5 heteroatoms. The number of rotatable bonds is 4. The molecule has 112 valence electrons. The van der Waals surface area contributed by atoms with Crippen molar-refractivity contribution < 1.29 is 5.11 Å². The fraction of sp³-hybridized carbons (Fsp3) is 0.438. The van der Waals surface area contributed by atoms with Crippen molar-refractivity contribution in [3.8, 4) is 0 Å². The fourth-order valence-electron chi connectivity index (χ4n) is 3.03. The van der Waals surface area contributed by atoms with Crippen LogP contribution < -0.4 is 5.32 Å². The molecule has 1 aromatic heterocycles. The summed E-state index contributed by atoms with van der Waals surface area (Å²) in [6.45, 7) is 0.489. The van der Waals surface area contributed by atoms with Crippen molar-refractivity contribution in [3.63, 3.8) is 0 Å². The summed E-state index contributed by atoms with van der Waals surface area (Å²) in [4.78, 5) is 0. The summed E-state index contributed by atoms with van der Waals surface area (Å²) in [5.41, 5.74) is 3.33. The summed E-state index contributed by atoms with van der Waals surface area (Å²) in [6, 6.07) is 7.70. The summed E-state index contributed by atoms with van der Waals surface area (Å²) in [7, 11) is 1.99. The number of hydrogen-bond acceptors (Lipinski definition) is 3. The number of nitrogens with one attached hydrogen (secondary N) is 1. The normalized spacial score (nSPS) is 19.3. The molecule has 0 aliphatic heterocycles. The van der Waals surface area contributed by atoms with Crippen molar-refractivity contribution in [2.24, 2.45) is 7.05 Å². The Morgan fingerprint density at radius 1 is 1.48 bits per heavy atom. The maximum Gasteiger partial charge on any atom is 0.0928 e. The van der Waals surface area contributed by atoms with Gasteiger partial charge in [0.1, 0.15) is 0 Å². The van der Waals surface area contributed by atoms with Crippen molar-refractivity contribution >= 4 is 11.6 Å². The number of aliphatic hydroxyl groups is 1. The highest BCUT2D eigenvalue weighted by Crippen LogP contribution is 2.30. The predicted molar refractivity (Wildman–Crippen MR) is 83.3 cm³/mol. The molecule has 2 aromatic rings. The zero-order valence-corrected chi connectivity index (χ0v) is 12.8. The number of aryl methyl sites for hydroxylation is 1. The molecule has 2 N–H and O–H groups in total. The Bertz CT molecular complexity index is 626. The average Bonchev–Trinajstić information content (AvgIpc) is 2.87. The maximum atomic E-state index is 10.3. The minimum atomic E-state index is -0.597. The second-order valence-corrected chi connectivity index (χ2v) is 5.97. The number of hydrogen-bond donors (Lipinski definition) is 2. The quantitative estimate of drug-likeness (QED) is 0.913. The van der Waals surface area contributed by atoms with E-state index in [4.69, 9.17) is 11.6 Å². The first-order chi connectivity index (χ1) is 10.2. The molecule has 1 heterocycles. The van der Waals surface area contributed by atoms with Crippen LogP contribution in [-0.2, 0) is 13.5 Å². The van der Waals surface area contributed by atoms with Crippen LogP contribution in [0.15, 0.2) is 30.5 Å². The van der Waals surface area contributed by atoms with E-state index in [0.29, 0.717) is 11.6 Å². The highest BCUT2D eigenvalue weighted by molar-refractivity contribution is 6.31. The second kappa shape index (κ2) is 6.18. The molecule has 1 aromatic carbocycles. The molecule has 0 radical (unpaired) electrons. The third kappa shape index (κ3) is 2.98. The Morgan fingerprint density at radius 3 is 3.10 bits per heavy atom. The van der Waals surface area contributed by atoms with E-state index < -0.39 is 6.10 Å². The lowest BCUT2D eigenvalue weighted by molar-refractivity contribution is 0.168. The van der Waals surface area contributed by atoms with Gasteiger partial charge < -0.3 is 10.4 Å². The van der Waals surface area contributed by atoms with E-state index in [2.05, 4.69) is 10.4 Å². The summed E-state index contributed by atoms with van der Waals surface area (Å²) >= 11 is 6.12. The summed E-state index contributed by atoms with van der Waals surface area (Å²) in [5.74, 6) is 0. The van der Waals surface area contributed by atoms with E-state index in [-0.39, 0.29) is 6.04 Å². The van der Waals surface area contributed by atoms with Crippen LogP contribution in [0.25, 0.3) is 0 Å². The highest BCUT2D eigenvalue weighted by atomic mass is 35.5. The number of benzene rings is 1. The van der Waals surface area contributed by atoms with Crippen molar-refractivity contribution in [2.75, 3.05) is 6.54 Å². The van der Waals surface area contributed by atoms with Gasteiger partial charge >= 0.3 is 0 Å². The Kier molecular flexibility index (Phi) is 4.29. The standard InChI is InChI=1S/C16H20ClN3O/c1-20-15-8-4-7-14(12(15)9-19-20)18-10-16(21)11-5-2-3-6-13(11)17/h2-3,5-6,9,14,16,18,21H,4,7-8,10H2,1H3/t14-,16+/m0/s1. The number of aromatic nitrogens is 2. The predicted octanol–water partition coefficient (Wildman–Crippen LogP) is 2.77. The van der Waals surface area contributed by atoms with E-state index in [0.717, 1.165) is 24.8 Å². The minimum absolute atomic E-state index is 0.264. The first-order valence-electron chi connectivity index (χ1n) is 7.33. The van der Waals surface area contributed by atoms with Crippen molar-refractivity contribution in [2.45, 2.75) is 31.4 Å². The first-order valence-corrected chi connectivity index (χ1v) is 7.71. The van der Waals surface area contributed by atoms with Crippen molar-refractivity contribution in [3.05, 3.63) is 52.3 Å². The molecule has 0 unspecified atom stereocenters. The van der Waals surface area contributed by atoms with Gasteiger partial charge in [-0.05, 0) is 25.3 Å². The molecule has 4 nitrogen and oxygen atoms in total. The highest BCUT2D eigenvalue weighted by Gasteiger charge is 2.24. The Balaban J connectivity index is 1.67. The SMILES string of the molecule is Cn1ncc2c1CCC[C@@H]2NC[C@@H](O)c1ccccc1Cl. The Labute approximate surface area is 129 Å². The van der Waals surface area contributed by atoms with Gasteiger partial charge in [-0.3, -0.25) is 4.68 Å². The van der Waals surface area contributed by atoms with Gasteiger partial charge in [-0.1, -0.05) is 29.8 Å². The van der Waals surface area contributed by atoms with Crippen molar-refractivity contribution in [1.82, 2.24) is 15.1 Å². The lowest BCUT2D eigenvalue weighted by atomic mass is 9.93. The molecule has 0 fully saturated rings. The maximum absolute atomic E-state index is 10.3. The zero-order valence-electron chi connectivity index (χ0n) is 12.1. The smallest absolute Gasteiger partial charge is 0.0928 e. The molecule has 0 saturated heterocycles. The molecule has 3 rings (SSSR count). The van der Waals surface area contributed by atoms with E-state index in [9.17, 15) is 5.11 Å². The largest absolute Gasteiger partial charge is 0.387 e. The third-order valence-corrected chi connectivity index (χ3v) is 4.54. The number of halogens is 1. The third-order valence-electron chi connectivity index (χ3n) is 4.20. The zero-order chi connectivity index (χ0) is 14.8. The van der Waals surface area contributed by atoms with Gasteiger partial charge in [-0.2, -0.15) is 5.10 Å². The molecular formula is C16H20ClN3O. The van der Waals surface area contributed by atoms with Gasteiger partial charge in [0, 0.05) is 41.5 Å². The van der Waals surface area contributed by atoms with Gasteiger partial charge in [0.05, 0.1) is 12.3 Å². The minimum Gasteiger partial charge on any atom is -0.387 e. The van der Waals surface area contributed by atoms with E-state index in [1.165, 1.54) is 11.3 Å². The topological polar surface area (TPSA) is 50.1 Å². The number of nitrogens with zero attached hydrogens (tertiary/aromatic N) is 2. The van der Waals surface area contributed by atoms with Crippen LogP contribution in [0, 0.1) is 0 Å². The Morgan fingerprint density at radius 2 is 2.29 bits per heavy atom. The van der Waals surface area contributed by atoms with Crippen LogP contribution >= 0.6 is 11.6 Å². The van der Waals surface area contributed by atoms with Gasteiger partial charge in [0.2, 0.25) is 0 Å². The summed E-state index contributed by atoms with van der Waals surface area (Å²) in [5, 5.41) is 18.7. The van der Waals surface area contributed by atoms with Crippen LogP contribution in [-0.4, -0.2) is 21.4 Å². The molecule has 0 amide bonds. The van der Waals surface area contributed by atoms with Crippen molar-refractivity contribution in [1.29, 1.82) is 0 Å². The van der Waals surface area contributed by atoms with Gasteiger partial charge in [-0.25, -0.2) is 0 Å². The second-order valence-electron chi connectivity index (χ2n) is 5.56. The van der Waals surface area contributed by atoms with Crippen LogP contribution in [0.4, 0.5) is 0 Å². The van der Waals surface area contributed by atoms with E-state index in [1.54, 1.807) is 6.07 Å². The molecule has 0 bridgehead atoms. The number of aliphatic hydroxyl groups excluding tert-OH is 1. The monoisotopic (exact) mass is 305 g/mol. The van der Waals surface area contributed by atoms with Crippen LogP contribution in [0.3, 0.4) is 0 Å². The van der Waals surface area contributed by atoms with Gasteiger partial charge in [0.25, 0.3) is 0 Å². The molecular weight excluding hydrogens is 286 g/mol. The first kappa shape index (κ1) is 14.6. The van der Waals surface area contributed by atoms with E-state index in [1.807, 2.05) is 36.1 Å². The average molecular weight is 306 g/mol. The molecule has 2 atom stereocenters. The molecule has 1 aliphatic carbocycles. The molecule has 0 spiro atoms. The molecule has 0 saturated carbocycles. The Hall–Kier alpha value is -1.36. The number of fused-ring (bicyclic) bond motifs is 1. The summed E-state index contributed by atoms with van der Waals surface area (Å²) in [6.07, 6.45) is 4.64. The van der Waals surface area contributed by atoms with Crippen LogP contribution in [0.2, 0.25) is 5.02 Å².